The molecule has 0 aliphatic rings. The summed E-state index contributed by atoms with van der Waals surface area (Å²) in [7, 11) is 0. The maximum Gasteiger partial charge on any atom is 0.0722 e. The van der Waals surface area contributed by atoms with Gasteiger partial charge in [-0.15, -0.1) is 0 Å². The Morgan fingerprint density at radius 1 is 1.00 bits per heavy atom. The van der Waals surface area contributed by atoms with E-state index in [1.54, 1.807) is 0 Å². The first-order valence-corrected chi connectivity index (χ1v) is 8.47. The molecule has 0 bridgehead atoms. The lowest BCUT2D eigenvalue weighted by atomic mass is 10.0. The molecule has 0 fully saturated rings. The topological polar surface area (TPSA) is 12.0 Å². The van der Waals surface area contributed by atoms with Crippen LogP contribution in [0.1, 0.15) is 25.0 Å². The largest absolute Gasteiger partial charge is 0.379 e. The van der Waals surface area contributed by atoms with Gasteiger partial charge in [-0.3, -0.25) is 0 Å². The van der Waals surface area contributed by atoms with E-state index in [0.29, 0.717) is 22.5 Å². The fraction of sp³-hybridized carbons (Fsp3) is 0.294. The van der Waals surface area contributed by atoms with Crippen LogP contribution < -0.4 is 5.32 Å². The van der Waals surface area contributed by atoms with E-state index in [9.17, 15) is 0 Å². The molecular weight excluding hydrogens is 369 g/mol. The summed E-state index contributed by atoms with van der Waals surface area (Å²) >= 11 is 15.8. The zero-order valence-corrected chi connectivity index (χ0v) is 15.2. The van der Waals surface area contributed by atoms with Crippen molar-refractivity contribution in [1.29, 1.82) is 0 Å². The van der Waals surface area contributed by atoms with Crippen molar-refractivity contribution >= 4 is 44.8 Å². The van der Waals surface area contributed by atoms with Gasteiger partial charge >= 0.3 is 0 Å². The van der Waals surface area contributed by atoms with Gasteiger partial charge in [-0.25, -0.2) is 0 Å². The van der Waals surface area contributed by atoms with Gasteiger partial charge in [0.15, 0.2) is 0 Å². The van der Waals surface area contributed by atoms with Crippen LogP contribution in [-0.4, -0.2) is 0 Å². The van der Waals surface area contributed by atoms with Crippen LogP contribution in [0.5, 0.6) is 0 Å². The molecule has 1 N–H and O–H groups in total. The summed E-state index contributed by atoms with van der Waals surface area (Å²) in [6.45, 7) is 5.16. The number of hydrogen-bond donors (Lipinski definition) is 1. The molecule has 112 valence electrons. The first-order chi connectivity index (χ1) is 9.95. The molecule has 4 heteroatoms. The third kappa shape index (κ3) is 4.91. The second-order valence-corrected chi connectivity index (χ2v) is 7.24. The molecule has 2 aromatic rings. The Bertz CT molecular complexity index is 586. The minimum atomic E-state index is 0.616. The van der Waals surface area contributed by atoms with Crippen molar-refractivity contribution in [1.82, 2.24) is 0 Å². The highest BCUT2D eigenvalue weighted by molar-refractivity contribution is 9.10. The number of nitrogens with one attached hydrogen (secondary N) is 1. The van der Waals surface area contributed by atoms with Crippen LogP contribution in [0.15, 0.2) is 40.9 Å². The average molecular weight is 387 g/mol. The van der Waals surface area contributed by atoms with Gasteiger partial charge in [0.25, 0.3) is 0 Å². The Hall–Kier alpha value is -0.700. The molecule has 0 spiro atoms. The SMILES string of the molecule is CC(C)Cc1ccc(CNc2c(Cl)cc(Br)cc2Cl)cc1. The number of benzene rings is 2. The van der Waals surface area contributed by atoms with E-state index in [2.05, 4.69) is 59.4 Å². The standard InChI is InChI=1S/C17H18BrCl2N/c1-11(2)7-12-3-5-13(6-4-12)10-21-17-15(19)8-14(18)9-16(17)20/h3-6,8-9,11,21H,7,10H2,1-2H3. The van der Waals surface area contributed by atoms with Crippen LogP contribution in [0.25, 0.3) is 0 Å². The van der Waals surface area contributed by atoms with Crippen LogP contribution in [0.3, 0.4) is 0 Å². The highest BCUT2D eigenvalue weighted by atomic mass is 79.9. The van der Waals surface area contributed by atoms with Gasteiger partial charge in [0.05, 0.1) is 15.7 Å². The quantitative estimate of drug-likeness (QED) is 0.612. The summed E-state index contributed by atoms with van der Waals surface area (Å²) in [6.07, 6.45) is 1.11. The lowest BCUT2D eigenvalue weighted by molar-refractivity contribution is 0.647. The molecule has 0 aliphatic carbocycles. The van der Waals surface area contributed by atoms with E-state index in [4.69, 9.17) is 23.2 Å². The molecule has 0 saturated carbocycles. The minimum Gasteiger partial charge on any atom is -0.379 e. The summed E-state index contributed by atoms with van der Waals surface area (Å²) in [5.74, 6) is 0.675. The fourth-order valence-electron chi connectivity index (χ4n) is 2.17. The Labute approximate surface area is 144 Å². The molecule has 0 atom stereocenters. The molecule has 0 heterocycles. The zero-order chi connectivity index (χ0) is 15.4. The van der Waals surface area contributed by atoms with Crippen molar-refractivity contribution in [2.24, 2.45) is 5.92 Å². The number of halogens is 3. The predicted octanol–water partition coefficient (Wildman–Crippen LogP) is 6.57. The van der Waals surface area contributed by atoms with Crippen LogP contribution in [-0.2, 0) is 13.0 Å². The van der Waals surface area contributed by atoms with Gasteiger partial charge in [0.1, 0.15) is 0 Å². The van der Waals surface area contributed by atoms with Crippen molar-refractivity contribution < 1.29 is 0 Å². The summed E-state index contributed by atoms with van der Waals surface area (Å²) in [4.78, 5) is 0. The first-order valence-electron chi connectivity index (χ1n) is 6.92. The molecule has 0 aromatic heterocycles. The van der Waals surface area contributed by atoms with Crippen molar-refractivity contribution in [3.05, 3.63) is 62.0 Å². The number of rotatable bonds is 5. The zero-order valence-electron chi connectivity index (χ0n) is 12.1. The highest BCUT2D eigenvalue weighted by Gasteiger charge is 2.07. The summed E-state index contributed by atoms with van der Waals surface area (Å²) in [5.41, 5.74) is 3.35. The van der Waals surface area contributed by atoms with Gasteiger partial charge in [-0.1, -0.05) is 77.2 Å². The van der Waals surface area contributed by atoms with Crippen molar-refractivity contribution in [2.45, 2.75) is 26.8 Å². The van der Waals surface area contributed by atoms with Gasteiger partial charge < -0.3 is 5.32 Å². The van der Waals surface area contributed by atoms with Gasteiger partial charge in [-0.05, 0) is 35.6 Å². The maximum atomic E-state index is 6.21. The lowest BCUT2D eigenvalue weighted by Crippen LogP contribution is -2.01. The highest BCUT2D eigenvalue weighted by Crippen LogP contribution is 2.34. The summed E-state index contributed by atoms with van der Waals surface area (Å²) in [5, 5.41) is 4.53. The van der Waals surface area contributed by atoms with E-state index in [-0.39, 0.29) is 0 Å². The Kier molecular flexibility index (Phi) is 5.98. The third-order valence-corrected chi connectivity index (χ3v) is 4.20. The van der Waals surface area contributed by atoms with Crippen molar-refractivity contribution in [3.63, 3.8) is 0 Å². The average Bonchev–Trinajstić information content (AvgIpc) is 2.38. The molecule has 1 nitrogen and oxygen atoms in total. The monoisotopic (exact) mass is 385 g/mol. The Morgan fingerprint density at radius 2 is 1.52 bits per heavy atom. The molecule has 0 unspecified atom stereocenters. The molecule has 0 amide bonds. The normalized spacial score (nSPS) is 11.0. The molecule has 0 radical (unpaired) electrons. The van der Waals surface area contributed by atoms with Gasteiger partial charge in [0, 0.05) is 11.0 Å². The molecule has 2 rings (SSSR count). The summed E-state index contributed by atoms with van der Waals surface area (Å²) in [6, 6.07) is 12.3. The molecule has 2 aromatic carbocycles. The van der Waals surface area contributed by atoms with E-state index in [0.717, 1.165) is 16.6 Å². The maximum absolute atomic E-state index is 6.21. The number of hydrogen-bond acceptors (Lipinski definition) is 1. The summed E-state index contributed by atoms with van der Waals surface area (Å²) < 4.78 is 0.876. The third-order valence-electron chi connectivity index (χ3n) is 3.14. The number of anilines is 1. The van der Waals surface area contributed by atoms with Crippen LogP contribution >= 0.6 is 39.1 Å². The molecule has 21 heavy (non-hydrogen) atoms. The Balaban J connectivity index is 2.03. The van der Waals surface area contributed by atoms with Crippen LogP contribution in [0.4, 0.5) is 5.69 Å². The van der Waals surface area contributed by atoms with Gasteiger partial charge in [-0.2, -0.15) is 0 Å². The molecular formula is C17H18BrCl2N. The van der Waals surface area contributed by atoms with E-state index in [1.807, 2.05) is 12.1 Å². The van der Waals surface area contributed by atoms with Crippen LogP contribution in [0.2, 0.25) is 10.0 Å². The molecule has 0 saturated heterocycles. The minimum absolute atomic E-state index is 0.616. The lowest BCUT2D eigenvalue weighted by Gasteiger charge is -2.12. The van der Waals surface area contributed by atoms with E-state index < -0.39 is 0 Å². The van der Waals surface area contributed by atoms with E-state index in [1.165, 1.54) is 11.1 Å². The fourth-order valence-corrected chi connectivity index (χ4v) is 3.51. The van der Waals surface area contributed by atoms with Gasteiger partial charge in [0.2, 0.25) is 0 Å². The first kappa shape index (κ1) is 16.7. The van der Waals surface area contributed by atoms with Crippen LogP contribution in [0, 0.1) is 5.92 Å². The second-order valence-electron chi connectivity index (χ2n) is 5.51. The smallest absolute Gasteiger partial charge is 0.0722 e. The van der Waals surface area contributed by atoms with E-state index >= 15 is 0 Å². The van der Waals surface area contributed by atoms with Crippen molar-refractivity contribution in [2.75, 3.05) is 5.32 Å². The predicted molar refractivity (Wildman–Crippen MR) is 96.5 cm³/mol. The Morgan fingerprint density at radius 3 is 2.05 bits per heavy atom. The molecule has 0 aliphatic heterocycles. The van der Waals surface area contributed by atoms with Crippen molar-refractivity contribution in [3.8, 4) is 0 Å². The second kappa shape index (κ2) is 7.53.